The third-order valence-corrected chi connectivity index (χ3v) is 3.05. The summed E-state index contributed by atoms with van der Waals surface area (Å²) < 4.78 is 6.89. The number of hydrogen-bond acceptors (Lipinski definition) is 7. The molecule has 2 heterocycles. The fourth-order valence-corrected chi connectivity index (χ4v) is 2.00. The van der Waals surface area contributed by atoms with Crippen LogP contribution >= 0.6 is 0 Å². The van der Waals surface area contributed by atoms with Crippen LogP contribution in [-0.4, -0.2) is 32.1 Å². The Hall–Kier alpha value is -2.06. The second-order valence-corrected chi connectivity index (χ2v) is 5.18. The highest BCUT2D eigenvalue weighted by Crippen LogP contribution is 2.16. The largest absolute Gasteiger partial charge is 0.480 e. The molecule has 0 aliphatic rings. The van der Waals surface area contributed by atoms with Gasteiger partial charge >= 0.3 is 0 Å². The first-order chi connectivity index (χ1) is 10.1. The zero-order valence-electron chi connectivity index (χ0n) is 12.5. The molecular weight excluding hydrogens is 270 g/mol. The average Bonchev–Trinajstić information content (AvgIpc) is 2.91. The molecule has 0 spiro atoms. The number of nitrogens with zero attached hydrogens (tertiary/aromatic N) is 5. The average molecular weight is 291 g/mol. The summed E-state index contributed by atoms with van der Waals surface area (Å²) in [6, 6.07) is 3.41. The molecule has 0 aromatic carbocycles. The van der Waals surface area contributed by atoms with E-state index in [0.29, 0.717) is 18.2 Å². The Kier molecular flexibility index (Phi) is 5.18. The van der Waals surface area contributed by atoms with Crippen LogP contribution in [-0.2, 0) is 13.0 Å². The van der Waals surface area contributed by atoms with Gasteiger partial charge in [-0.1, -0.05) is 13.8 Å². The molecule has 2 rings (SSSR count). The standard InChI is InChI=1S/C13H21N7O/c1-9(2)7-20-12(15-8-16-20)6-11(17-14)10-4-5-13(21-3)19-18-10/h4-5,8-9,11,17H,6-7,14H2,1-3H3. The molecule has 1 atom stereocenters. The number of aromatic nitrogens is 5. The second kappa shape index (κ2) is 7.09. The molecule has 0 fully saturated rings. The number of hydrogen-bond donors (Lipinski definition) is 2. The van der Waals surface area contributed by atoms with E-state index in [2.05, 4.69) is 39.6 Å². The third-order valence-electron chi connectivity index (χ3n) is 3.05. The highest BCUT2D eigenvalue weighted by molar-refractivity contribution is 5.15. The van der Waals surface area contributed by atoms with Crippen LogP contribution in [0.5, 0.6) is 5.88 Å². The van der Waals surface area contributed by atoms with Crippen molar-refractivity contribution >= 4 is 0 Å². The molecule has 21 heavy (non-hydrogen) atoms. The van der Waals surface area contributed by atoms with Gasteiger partial charge in [0.2, 0.25) is 5.88 Å². The van der Waals surface area contributed by atoms with Gasteiger partial charge in [-0.2, -0.15) is 10.2 Å². The highest BCUT2D eigenvalue weighted by atomic mass is 16.5. The first-order valence-electron chi connectivity index (χ1n) is 6.84. The highest BCUT2D eigenvalue weighted by Gasteiger charge is 2.17. The van der Waals surface area contributed by atoms with E-state index >= 15 is 0 Å². The Morgan fingerprint density at radius 3 is 2.71 bits per heavy atom. The molecule has 114 valence electrons. The summed E-state index contributed by atoms with van der Waals surface area (Å²) in [6.45, 7) is 5.10. The molecular formula is C13H21N7O. The molecule has 3 N–H and O–H groups in total. The van der Waals surface area contributed by atoms with Gasteiger partial charge in [-0.3, -0.25) is 11.3 Å². The maximum atomic E-state index is 5.64. The van der Waals surface area contributed by atoms with Crippen molar-refractivity contribution in [2.75, 3.05) is 7.11 Å². The monoisotopic (exact) mass is 291 g/mol. The Morgan fingerprint density at radius 1 is 1.33 bits per heavy atom. The van der Waals surface area contributed by atoms with Gasteiger partial charge in [0.05, 0.1) is 18.8 Å². The molecule has 8 heteroatoms. The molecule has 2 aromatic rings. The van der Waals surface area contributed by atoms with E-state index in [9.17, 15) is 0 Å². The predicted molar refractivity (Wildman–Crippen MR) is 77.2 cm³/mol. The zero-order valence-corrected chi connectivity index (χ0v) is 12.5. The summed E-state index contributed by atoms with van der Waals surface area (Å²) in [4.78, 5) is 4.30. The van der Waals surface area contributed by atoms with Gasteiger partial charge in [-0.15, -0.1) is 5.10 Å². The minimum absolute atomic E-state index is 0.182. The molecule has 0 aliphatic heterocycles. The number of nitrogens with one attached hydrogen (secondary N) is 1. The molecule has 0 bridgehead atoms. The van der Waals surface area contributed by atoms with E-state index in [1.807, 2.05) is 10.7 Å². The fourth-order valence-electron chi connectivity index (χ4n) is 2.00. The first kappa shape index (κ1) is 15.3. The van der Waals surface area contributed by atoms with Crippen LogP contribution in [0.15, 0.2) is 18.5 Å². The Balaban J connectivity index is 2.13. The maximum absolute atomic E-state index is 5.64. The van der Waals surface area contributed by atoms with Crippen LogP contribution < -0.4 is 16.0 Å². The molecule has 0 radical (unpaired) electrons. The molecule has 2 aromatic heterocycles. The van der Waals surface area contributed by atoms with Crippen molar-refractivity contribution < 1.29 is 4.74 Å². The maximum Gasteiger partial charge on any atom is 0.233 e. The number of ether oxygens (including phenoxy) is 1. The van der Waals surface area contributed by atoms with Gasteiger partial charge in [-0.05, 0) is 12.0 Å². The molecule has 0 saturated carbocycles. The van der Waals surface area contributed by atoms with Crippen molar-refractivity contribution in [3.63, 3.8) is 0 Å². The normalized spacial score (nSPS) is 12.6. The van der Waals surface area contributed by atoms with E-state index in [1.54, 1.807) is 19.5 Å². The van der Waals surface area contributed by atoms with Crippen molar-refractivity contribution in [2.45, 2.75) is 32.9 Å². The molecule has 1 unspecified atom stereocenters. The minimum Gasteiger partial charge on any atom is -0.480 e. The topological polar surface area (TPSA) is 104 Å². The minimum atomic E-state index is -0.182. The first-order valence-corrected chi connectivity index (χ1v) is 6.84. The van der Waals surface area contributed by atoms with E-state index in [-0.39, 0.29) is 6.04 Å². The van der Waals surface area contributed by atoms with Crippen LogP contribution in [0, 0.1) is 5.92 Å². The summed E-state index contributed by atoms with van der Waals surface area (Å²) in [6.07, 6.45) is 2.15. The van der Waals surface area contributed by atoms with E-state index < -0.39 is 0 Å². The Morgan fingerprint density at radius 2 is 2.14 bits per heavy atom. The van der Waals surface area contributed by atoms with Gasteiger partial charge in [0.1, 0.15) is 12.2 Å². The van der Waals surface area contributed by atoms with Gasteiger partial charge in [0, 0.05) is 19.0 Å². The molecule has 0 saturated heterocycles. The Bertz CT molecular complexity index is 552. The van der Waals surface area contributed by atoms with Crippen LogP contribution in [0.2, 0.25) is 0 Å². The zero-order chi connectivity index (χ0) is 15.2. The quantitative estimate of drug-likeness (QED) is 0.564. The predicted octanol–water partition coefficient (Wildman–Crippen LogP) is 0.480. The summed E-state index contributed by atoms with van der Waals surface area (Å²) in [5.41, 5.74) is 3.48. The Labute approximate surface area is 123 Å². The van der Waals surface area contributed by atoms with Crippen molar-refractivity contribution in [1.29, 1.82) is 0 Å². The van der Waals surface area contributed by atoms with E-state index in [4.69, 9.17) is 10.6 Å². The third kappa shape index (κ3) is 3.96. The van der Waals surface area contributed by atoms with E-state index in [0.717, 1.165) is 18.1 Å². The molecule has 0 amide bonds. The van der Waals surface area contributed by atoms with Crippen LogP contribution in [0.4, 0.5) is 0 Å². The fraction of sp³-hybridized carbons (Fsp3) is 0.538. The summed E-state index contributed by atoms with van der Waals surface area (Å²) in [5.74, 6) is 7.47. The number of nitrogens with two attached hydrogens (primary N) is 1. The van der Waals surface area contributed by atoms with Gasteiger partial charge in [-0.25, -0.2) is 9.67 Å². The van der Waals surface area contributed by atoms with Gasteiger partial charge < -0.3 is 4.74 Å². The lowest BCUT2D eigenvalue weighted by Gasteiger charge is -2.15. The number of hydrazine groups is 1. The van der Waals surface area contributed by atoms with Crippen molar-refractivity contribution in [3.05, 3.63) is 30.0 Å². The van der Waals surface area contributed by atoms with Crippen LogP contribution in [0.25, 0.3) is 0 Å². The van der Waals surface area contributed by atoms with Gasteiger partial charge in [0.15, 0.2) is 0 Å². The van der Waals surface area contributed by atoms with Gasteiger partial charge in [0.25, 0.3) is 0 Å². The van der Waals surface area contributed by atoms with Crippen molar-refractivity contribution in [3.8, 4) is 5.88 Å². The lowest BCUT2D eigenvalue weighted by molar-refractivity contribution is 0.388. The van der Waals surface area contributed by atoms with Crippen molar-refractivity contribution in [2.24, 2.45) is 11.8 Å². The molecule has 0 aliphatic carbocycles. The summed E-state index contributed by atoms with van der Waals surface area (Å²) in [5, 5.41) is 12.3. The molecule has 8 nitrogen and oxygen atoms in total. The van der Waals surface area contributed by atoms with E-state index in [1.165, 1.54) is 0 Å². The van der Waals surface area contributed by atoms with Crippen molar-refractivity contribution in [1.82, 2.24) is 30.4 Å². The smallest absolute Gasteiger partial charge is 0.233 e. The van der Waals surface area contributed by atoms with Crippen LogP contribution in [0.1, 0.15) is 31.4 Å². The number of rotatable bonds is 7. The number of methoxy groups -OCH3 is 1. The lowest BCUT2D eigenvalue weighted by Crippen LogP contribution is -2.31. The lowest BCUT2D eigenvalue weighted by atomic mass is 10.1. The SMILES string of the molecule is COc1ccc(C(Cc2ncnn2CC(C)C)NN)nn1. The summed E-state index contributed by atoms with van der Waals surface area (Å²) >= 11 is 0. The second-order valence-electron chi connectivity index (χ2n) is 5.18. The van der Waals surface area contributed by atoms with Crippen LogP contribution in [0.3, 0.4) is 0 Å². The summed E-state index contributed by atoms with van der Waals surface area (Å²) in [7, 11) is 1.55.